The summed E-state index contributed by atoms with van der Waals surface area (Å²) in [7, 11) is -3.86. The molecule has 144 valence electrons. The number of carbonyl (C=O) groups excluding carboxylic acids is 2. The molecule has 1 aliphatic rings. The van der Waals surface area contributed by atoms with Crippen LogP contribution in [0.2, 0.25) is 5.02 Å². The summed E-state index contributed by atoms with van der Waals surface area (Å²) in [5, 5.41) is -0.916. The smallest absolute Gasteiger partial charge is 0.411 e. The van der Waals surface area contributed by atoms with Gasteiger partial charge in [0.25, 0.3) is 5.91 Å². The number of ether oxygens (including phenoxy) is 1. The van der Waals surface area contributed by atoms with Crippen molar-refractivity contribution in [3.8, 4) is 0 Å². The van der Waals surface area contributed by atoms with E-state index in [1.54, 1.807) is 32.9 Å². The van der Waals surface area contributed by atoms with Gasteiger partial charge in [-0.05, 0) is 39.3 Å². The molecule has 0 aliphatic carbocycles. The Bertz CT molecular complexity index is 806. The third-order valence-corrected chi connectivity index (χ3v) is 6.55. The Balaban J connectivity index is 2.34. The summed E-state index contributed by atoms with van der Waals surface area (Å²) in [4.78, 5) is 25.5. The number of likely N-dealkylation sites (tertiary alicyclic amines) is 1. The van der Waals surface area contributed by atoms with E-state index < -0.39 is 38.7 Å². The van der Waals surface area contributed by atoms with Gasteiger partial charge < -0.3 is 4.74 Å². The summed E-state index contributed by atoms with van der Waals surface area (Å²) in [5.41, 5.74) is 1.18. The van der Waals surface area contributed by atoms with Crippen molar-refractivity contribution in [2.75, 3.05) is 6.54 Å². The van der Waals surface area contributed by atoms with E-state index in [2.05, 4.69) is 0 Å². The SMILES string of the molecule is CC(C)(C)OC(=O)N1C[C@@H](S(=O)(=O)c2ccccc2Cl)C[C@@H]1C(=O)NN. The molecule has 1 aromatic rings. The lowest BCUT2D eigenvalue weighted by molar-refractivity contribution is -0.125. The molecule has 8 nitrogen and oxygen atoms in total. The number of hydrogen-bond donors (Lipinski definition) is 2. The number of carbonyl (C=O) groups is 2. The van der Waals surface area contributed by atoms with Gasteiger partial charge in [0.15, 0.2) is 9.84 Å². The minimum atomic E-state index is -3.86. The molecule has 0 bridgehead atoms. The molecule has 0 saturated carbocycles. The number of nitrogens with two attached hydrogens (primary N) is 1. The zero-order valence-corrected chi connectivity index (χ0v) is 16.3. The summed E-state index contributed by atoms with van der Waals surface area (Å²) in [6, 6.07) is 5.00. The Hall–Kier alpha value is -1.84. The first-order valence-electron chi connectivity index (χ1n) is 7.96. The highest BCUT2D eigenvalue weighted by Gasteiger charge is 2.46. The first kappa shape index (κ1) is 20.5. The number of nitrogens with one attached hydrogen (secondary N) is 1. The number of benzene rings is 1. The van der Waals surface area contributed by atoms with Gasteiger partial charge in [0.2, 0.25) is 0 Å². The van der Waals surface area contributed by atoms with Gasteiger partial charge in [-0.2, -0.15) is 0 Å². The van der Waals surface area contributed by atoms with Crippen LogP contribution in [0.4, 0.5) is 4.79 Å². The molecule has 1 fully saturated rings. The minimum Gasteiger partial charge on any atom is -0.444 e. The number of halogens is 1. The summed E-state index contributed by atoms with van der Waals surface area (Å²) in [6.07, 6.45) is -0.876. The predicted molar refractivity (Wildman–Crippen MR) is 96.1 cm³/mol. The van der Waals surface area contributed by atoms with Crippen LogP contribution in [0.25, 0.3) is 0 Å². The molecular formula is C16H22ClN3O5S. The van der Waals surface area contributed by atoms with Crippen LogP contribution >= 0.6 is 11.6 Å². The van der Waals surface area contributed by atoms with Gasteiger partial charge >= 0.3 is 6.09 Å². The molecule has 2 atom stereocenters. The molecule has 0 aromatic heterocycles. The van der Waals surface area contributed by atoms with Crippen LogP contribution in [0.1, 0.15) is 27.2 Å². The van der Waals surface area contributed by atoms with Crippen molar-refractivity contribution in [2.24, 2.45) is 5.84 Å². The van der Waals surface area contributed by atoms with E-state index in [0.29, 0.717) is 0 Å². The third-order valence-electron chi connectivity index (χ3n) is 3.92. The van der Waals surface area contributed by atoms with Crippen molar-refractivity contribution in [3.05, 3.63) is 29.3 Å². The van der Waals surface area contributed by atoms with E-state index in [-0.39, 0.29) is 22.9 Å². The average Bonchev–Trinajstić information content (AvgIpc) is 2.99. The first-order valence-corrected chi connectivity index (χ1v) is 9.88. The Morgan fingerprint density at radius 2 is 1.92 bits per heavy atom. The molecule has 10 heteroatoms. The Labute approximate surface area is 157 Å². The molecule has 0 unspecified atom stereocenters. The van der Waals surface area contributed by atoms with Crippen molar-refractivity contribution in [3.63, 3.8) is 0 Å². The van der Waals surface area contributed by atoms with Crippen molar-refractivity contribution in [2.45, 2.75) is 49.0 Å². The molecule has 0 spiro atoms. The van der Waals surface area contributed by atoms with Gasteiger partial charge in [0.05, 0.1) is 15.2 Å². The number of hydrazine groups is 1. The molecule has 2 rings (SSSR count). The average molecular weight is 404 g/mol. The Kier molecular flexibility index (Phi) is 5.84. The molecule has 3 N–H and O–H groups in total. The van der Waals surface area contributed by atoms with Gasteiger partial charge in [0.1, 0.15) is 11.6 Å². The molecule has 1 aliphatic heterocycles. The van der Waals surface area contributed by atoms with Crippen molar-refractivity contribution in [1.82, 2.24) is 10.3 Å². The zero-order valence-electron chi connectivity index (χ0n) is 14.7. The maximum Gasteiger partial charge on any atom is 0.411 e. The highest BCUT2D eigenvalue weighted by atomic mass is 35.5. The largest absolute Gasteiger partial charge is 0.444 e. The number of rotatable bonds is 3. The number of amides is 2. The monoisotopic (exact) mass is 403 g/mol. The van der Waals surface area contributed by atoms with Gasteiger partial charge in [-0.25, -0.2) is 19.1 Å². The predicted octanol–water partition coefficient (Wildman–Crippen LogP) is 1.48. The first-order chi connectivity index (χ1) is 12.0. The molecule has 26 heavy (non-hydrogen) atoms. The second-order valence-electron chi connectivity index (χ2n) is 6.99. The Morgan fingerprint density at radius 1 is 1.31 bits per heavy atom. The highest BCUT2D eigenvalue weighted by molar-refractivity contribution is 7.92. The second kappa shape index (κ2) is 7.42. The lowest BCUT2D eigenvalue weighted by Gasteiger charge is -2.27. The molecule has 0 radical (unpaired) electrons. The summed E-state index contributed by atoms with van der Waals surface area (Å²) < 4.78 is 31.2. The van der Waals surface area contributed by atoms with Crippen molar-refractivity contribution < 1.29 is 22.7 Å². The lowest BCUT2D eigenvalue weighted by atomic mass is 10.2. The van der Waals surface area contributed by atoms with Crippen LogP contribution in [0.5, 0.6) is 0 Å². The molecule has 1 heterocycles. The van der Waals surface area contributed by atoms with E-state index in [1.807, 2.05) is 5.43 Å². The van der Waals surface area contributed by atoms with Crippen molar-refractivity contribution >= 4 is 33.4 Å². The summed E-state index contributed by atoms with van der Waals surface area (Å²) >= 11 is 6.02. The quantitative estimate of drug-likeness (QED) is 0.448. The molecule has 1 aromatic carbocycles. The number of hydrogen-bond acceptors (Lipinski definition) is 6. The zero-order chi connectivity index (χ0) is 19.7. The fourth-order valence-electron chi connectivity index (χ4n) is 2.74. The third kappa shape index (κ3) is 4.28. The maximum atomic E-state index is 12.9. The van der Waals surface area contributed by atoms with Gasteiger partial charge in [0, 0.05) is 6.54 Å². The van der Waals surface area contributed by atoms with E-state index in [9.17, 15) is 18.0 Å². The molecular weight excluding hydrogens is 382 g/mol. The van der Waals surface area contributed by atoms with E-state index in [1.165, 1.54) is 12.1 Å². The topological polar surface area (TPSA) is 119 Å². The lowest BCUT2D eigenvalue weighted by Crippen LogP contribution is -2.49. The van der Waals surface area contributed by atoms with E-state index in [4.69, 9.17) is 22.2 Å². The summed E-state index contributed by atoms with van der Waals surface area (Å²) in [5.74, 6) is 4.52. The van der Waals surface area contributed by atoms with Gasteiger partial charge in [-0.3, -0.25) is 15.1 Å². The fourth-order valence-corrected chi connectivity index (χ4v) is 4.96. The van der Waals surface area contributed by atoms with Gasteiger partial charge in [-0.15, -0.1) is 0 Å². The van der Waals surface area contributed by atoms with Crippen LogP contribution in [-0.4, -0.2) is 48.8 Å². The van der Waals surface area contributed by atoms with Crippen LogP contribution in [0.3, 0.4) is 0 Å². The maximum absolute atomic E-state index is 12.9. The van der Waals surface area contributed by atoms with Crippen LogP contribution in [-0.2, 0) is 19.4 Å². The molecule has 1 saturated heterocycles. The standard InChI is InChI=1S/C16H22ClN3O5S/c1-16(2,3)25-15(22)20-9-10(8-12(20)14(21)19-18)26(23,24)13-7-5-4-6-11(13)17/h4-7,10,12H,8-9,18H2,1-3H3,(H,19,21)/t10-,12+/m0/s1. The normalized spacial score (nSPS) is 20.7. The highest BCUT2D eigenvalue weighted by Crippen LogP contribution is 2.32. The van der Waals surface area contributed by atoms with Crippen LogP contribution in [0.15, 0.2) is 29.2 Å². The Morgan fingerprint density at radius 3 is 2.46 bits per heavy atom. The number of nitrogens with zero attached hydrogens (tertiary/aromatic N) is 1. The number of sulfone groups is 1. The summed E-state index contributed by atoms with van der Waals surface area (Å²) in [6.45, 7) is 4.84. The van der Waals surface area contributed by atoms with E-state index in [0.717, 1.165) is 4.90 Å². The van der Waals surface area contributed by atoms with Gasteiger partial charge in [-0.1, -0.05) is 23.7 Å². The molecule has 2 amide bonds. The second-order valence-corrected chi connectivity index (χ2v) is 9.59. The van der Waals surface area contributed by atoms with E-state index >= 15 is 0 Å². The van der Waals surface area contributed by atoms with Crippen LogP contribution in [0, 0.1) is 0 Å². The fraction of sp³-hybridized carbons (Fsp3) is 0.500. The minimum absolute atomic E-state index is 0.0374. The van der Waals surface area contributed by atoms with Crippen LogP contribution < -0.4 is 11.3 Å². The van der Waals surface area contributed by atoms with Crippen molar-refractivity contribution in [1.29, 1.82) is 0 Å².